The SMILES string of the molecule is CC(C)N(CCCO)C(=O)c1ccc(OCC(N)=O)cc1. The van der Waals surface area contributed by atoms with E-state index in [-0.39, 0.29) is 25.2 Å². The maximum Gasteiger partial charge on any atom is 0.255 e. The molecule has 0 aliphatic rings. The van der Waals surface area contributed by atoms with E-state index < -0.39 is 5.91 Å². The van der Waals surface area contributed by atoms with Gasteiger partial charge >= 0.3 is 0 Å². The second-order valence-corrected chi connectivity index (χ2v) is 4.95. The molecular formula is C15H22N2O4. The molecule has 21 heavy (non-hydrogen) atoms. The molecule has 116 valence electrons. The van der Waals surface area contributed by atoms with Gasteiger partial charge in [0.15, 0.2) is 6.61 Å². The van der Waals surface area contributed by atoms with Crippen molar-refractivity contribution in [1.29, 1.82) is 0 Å². The number of aliphatic hydroxyl groups is 1. The number of hydrogen-bond acceptors (Lipinski definition) is 4. The number of nitrogens with two attached hydrogens (primary N) is 1. The summed E-state index contributed by atoms with van der Waals surface area (Å²) in [6.07, 6.45) is 0.545. The van der Waals surface area contributed by atoms with Crippen molar-refractivity contribution in [2.24, 2.45) is 5.73 Å². The van der Waals surface area contributed by atoms with E-state index in [1.165, 1.54) is 0 Å². The predicted octanol–water partition coefficient (Wildman–Crippen LogP) is 0.784. The van der Waals surface area contributed by atoms with Gasteiger partial charge in [-0.25, -0.2) is 0 Å². The third kappa shape index (κ3) is 5.43. The highest BCUT2D eigenvalue weighted by molar-refractivity contribution is 5.94. The van der Waals surface area contributed by atoms with Crippen LogP contribution in [0.25, 0.3) is 0 Å². The number of aliphatic hydroxyl groups excluding tert-OH is 1. The van der Waals surface area contributed by atoms with Crippen LogP contribution in [0.2, 0.25) is 0 Å². The number of amides is 2. The maximum absolute atomic E-state index is 12.4. The monoisotopic (exact) mass is 294 g/mol. The fourth-order valence-electron chi connectivity index (χ4n) is 1.85. The van der Waals surface area contributed by atoms with Gasteiger partial charge < -0.3 is 20.5 Å². The number of rotatable bonds is 8. The molecule has 2 amide bonds. The Bertz CT molecular complexity index is 471. The molecule has 0 heterocycles. The molecule has 0 unspecified atom stereocenters. The van der Waals surface area contributed by atoms with Crippen LogP contribution in [-0.2, 0) is 4.79 Å². The lowest BCUT2D eigenvalue weighted by atomic mass is 10.1. The van der Waals surface area contributed by atoms with Gasteiger partial charge in [-0.2, -0.15) is 0 Å². The second kappa shape index (κ2) is 8.26. The Morgan fingerprint density at radius 3 is 2.38 bits per heavy atom. The van der Waals surface area contributed by atoms with E-state index in [1.54, 1.807) is 29.2 Å². The van der Waals surface area contributed by atoms with Gasteiger partial charge in [-0.3, -0.25) is 9.59 Å². The summed E-state index contributed by atoms with van der Waals surface area (Å²) in [6.45, 7) is 4.23. The first-order chi connectivity index (χ1) is 9.95. The van der Waals surface area contributed by atoms with Gasteiger partial charge in [0.2, 0.25) is 0 Å². The van der Waals surface area contributed by atoms with Crippen molar-refractivity contribution in [2.75, 3.05) is 19.8 Å². The van der Waals surface area contributed by atoms with Crippen LogP contribution < -0.4 is 10.5 Å². The summed E-state index contributed by atoms with van der Waals surface area (Å²) < 4.78 is 5.14. The molecule has 0 radical (unpaired) electrons. The lowest BCUT2D eigenvalue weighted by molar-refractivity contribution is -0.119. The van der Waals surface area contributed by atoms with E-state index in [0.717, 1.165) is 0 Å². The molecule has 0 saturated heterocycles. The zero-order valence-electron chi connectivity index (χ0n) is 12.4. The third-order valence-corrected chi connectivity index (χ3v) is 2.92. The Morgan fingerprint density at radius 1 is 1.29 bits per heavy atom. The number of benzene rings is 1. The fraction of sp³-hybridized carbons (Fsp3) is 0.467. The van der Waals surface area contributed by atoms with Crippen molar-refractivity contribution in [3.8, 4) is 5.75 Å². The molecule has 0 saturated carbocycles. The number of carbonyl (C=O) groups excluding carboxylic acids is 2. The number of nitrogens with zero attached hydrogens (tertiary/aromatic N) is 1. The Hall–Kier alpha value is -2.08. The van der Waals surface area contributed by atoms with Crippen LogP contribution in [0, 0.1) is 0 Å². The van der Waals surface area contributed by atoms with Gasteiger partial charge in [0.1, 0.15) is 5.75 Å². The molecule has 3 N–H and O–H groups in total. The van der Waals surface area contributed by atoms with Crippen LogP contribution in [-0.4, -0.2) is 47.6 Å². The average molecular weight is 294 g/mol. The topological polar surface area (TPSA) is 92.9 Å². The minimum absolute atomic E-state index is 0.0508. The third-order valence-electron chi connectivity index (χ3n) is 2.92. The fourth-order valence-corrected chi connectivity index (χ4v) is 1.85. The van der Waals surface area contributed by atoms with E-state index in [1.807, 2.05) is 13.8 Å². The first-order valence-electron chi connectivity index (χ1n) is 6.88. The standard InChI is InChI=1S/C15H22N2O4/c1-11(2)17(8-3-9-18)15(20)12-4-6-13(7-5-12)21-10-14(16)19/h4-7,11,18H,3,8-10H2,1-2H3,(H2,16,19). The summed E-state index contributed by atoms with van der Waals surface area (Å²) in [6, 6.07) is 6.59. The molecule has 6 nitrogen and oxygen atoms in total. The smallest absolute Gasteiger partial charge is 0.255 e. The molecule has 0 aliphatic heterocycles. The van der Waals surface area contributed by atoms with Crippen molar-refractivity contribution in [1.82, 2.24) is 4.90 Å². The summed E-state index contributed by atoms with van der Waals surface area (Å²) >= 11 is 0. The van der Waals surface area contributed by atoms with E-state index in [4.69, 9.17) is 15.6 Å². The van der Waals surface area contributed by atoms with E-state index in [9.17, 15) is 9.59 Å². The Labute approximate surface area is 124 Å². The first kappa shape index (κ1) is 17.0. The number of primary amides is 1. The lowest BCUT2D eigenvalue weighted by Gasteiger charge is -2.26. The highest BCUT2D eigenvalue weighted by Crippen LogP contribution is 2.15. The van der Waals surface area contributed by atoms with Crippen molar-refractivity contribution < 1.29 is 19.4 Å². The van der Waals surface area contributed by atoms with Gasteiger partial charge in [-0.1, -0.05) is 0 Å². The van der Waals surface area contributed by atoms with Gasteiger partial charge in [0.05, 0.1) is 0 Å². The Balaban J connectivity index is 2.74. The lowest BCUT2D eigenvalue weighted by Crippen LogP contribution is -2.38. The molecule has 0 aromatic heterocycles. The van der Waals surface area contributed by atoms with Crippen LogP contribution in [0.3, 0.4) is 0 Å². The molecular weight excluding hydrogens is 272 g/mol. The minimum Gasteiger partial charge on any atom is -0.484 e. The predicted molar refractivity (Wildman–Crippen MR) is 79.0 cm³/mol. The molecule has 6 heteroatoms. The molecule has 0 aliphatic carbocycles. The van der Waals surface area contributed by atoms with Gasteiger partial charge in [0, 0.05) is 24.8 Å². The molecule has 0 spiro atoms. The second-order valence-electron chi connectivity index (χ2n) is 4.95. The van der Waals surface area contributed by atoms with Crippen LogP contribution in [0.1, 0.15) is 30.6 Å². The molecule has 0 fully saturated rings. The van der Waals surface area contributed by atoms with Gasteiger partial charge in [-0.05, 0) is 44.5 Å². The maximum atomic E-state index is 12.4. The van der Waals surface area contributed by atoms with Crippen molar-refractivity contribution >= 4 is 11.8 Å². The summed E-state index contributed by atoms with van der Waals surface area (Å²) in [7, 11) is 0. The van der Waals surface area contributed by atoms with Crippen molar-refractivity contribution in [3.05, 3.63) is 29.8 Å². The largest absolute Gasteiger partial charge is 0.484 e. The molecule has 0 atom stereocenters. The number of carbonyl (C=O) groups is 2. The van der Waals surface area contributed by atoms with Gasteiger partial charge in [0.25, 0.3) is 11.8 Å². The van der Waals surface area contributed by atoms with E-state index in [0.29, 0.717) is 24.3 Å². The summed E-state index contributed by atoms with van der Waals surface area (Å²) in [4.78, 5) is 24.7. The zero-order valence-corrected chi connectivity index (χ0v) is 12.4. The minimum atomic E-state index is -0.551. The Morgan fingerprint density at radius 2 is 1.90 bits per heavy atom. The first-order valence-corrected chi connectivity index (χ1v) is 6.88. The summed E-state index contributed by atoms with van der Waals surface area (Å²) in [5.41, 5.74) is 5.53. The molecule has 1 rings (SSSR count). The summed E-state index contributed by atoms with van der Waals surface area (Å²) in [5.74, 6) is -0.165. The molecule has 1 aromatic carbocycles. The molecule has 0 bridgehead atoms. The normalized spacial score (nSPS) is 10.5. The quantitative estimate of drug-likeness (QED) is 0.741. The van der Waals surface area contributed by atoms with Crippen molar-refractivity contribution in [3.63, 3.8) is 0 Å². The van der Waals surface area contributed by atoms with Crippen LogP contribution in [0.4, 0.5) is 0 Å². The zero-order chi connectivity index (χ0) is 15.8. The van der Waals surface area contributed by atoms with Crippen LogP contribution in [0.5, 0.6) is 5.75 Å². The average Bonchev–Trinajstić information content (AvgIpc) is 2.45. The Kier molecular flexibility index (Phi) is 6.68. The van der Waals surface area contributed by atoms with E-state index in [2.05, 4.69) is 0 Å². The van der Waals surface area contributed by atoms with Gasteiger partial charge in [-0.15, -0.1) is 0 Å². The van der Waals surface area contributed by atoms with Crippen LogP contribution in [0.15, 0.2) is 24.3 Å². The van der Waals surface area contributed by atoms with Crippen LogP contribution >= 0.6 is 0 Å². The van der Waals surface area contributed by atoms with Crippen molar-refractivity contribution in [2.45, 2.75) is 26.3 Å². The highest BCUT2D eigenvalue weighted by Gasteiger charge is 2.18. The number of ether oxygens (including phenoxy) is 1. The van der Waals surface area contributed by atoms with E-state index >= 15 is 0 Å². The molecule has 1 aromatic rings. The highest BCUT2D eigenvalue weighted by atomic mass is 16.5. The summed E-state index contributed by atoms with van der Waals surface area (Å²) in [5, 5.41) is 8.90. The number of hydrogen-bond donors (Lipinski definition) is 2.